The zero-order valence-electron chi connectivity index (χ0n) is 12.0. The van der Waals surface area contributed by atoms with Crippen LogP contribution in [-0.4, -0.2) is 17.6 Å². The Bertz CT molecular complexity index is 794. The van der Waals surface area contributed by atoms with E-state index in [9.17, 15) is 22.4 Å². The maximum absolute atomic E-state index is 14.1. The standard InChI is InChI=1S/C15H9Cl2F4NO2/c1-2-24-14(23)8-4-9(12(18)5-10(8)16)13-11(17)3-7(6-22-13)15(19,20)21/h3-6H,2H2,1H3. The fourth-order valence-electron chi connectivity index (χ4n) is 1.89. The summed E-state index contributed by atoms with van der Waals surface area (Å²) < 4.78 is 56.8. The van der Waals surface area contributed by atoms with Crippen molar-refractivity contribution in [3.63, 3.8) is 0 Å². The molecular weight excluding hydrogens is 373 g/mol. The van der Waals surface area contributed by atoms with E-state index < -0.39 is 28.5 Å². The maximum atomic E-state index is 14.1. The van der Waals surface area contributed by atoms with Gasteiger partial charge in [-0.2, -0.15) is 13.2 Å². The van der Waals surface area contributed by atoms with Crippen molar-refractivity contribution in [1.29, 1.82) is 0 Å². The van der Waals surface area contributed by atoms with Crippen molar-refractivity contribution in [2.45, 2.75) is 13.1 Å². The average Bonchev–Trinajstić information content (AvgIpc) is 2.47. The van der Waals surface area contributed by atoms with E-state index in [0.717, 1.165) is 12.1 Å². The van der Waals surface area contributed by atoms with Crippen LogP contribution in [0.5, 0.6) is 0 Å². The van der Waals surface area contributed by atoms with E-state index >= 15 is 0 Å². The molecule has 0 amide bonds. The van der Waals surface area contributed by atoms with Gasteiger partial charge in [0.1, 0.15) is 5.82 Å². The first-order chi connectivity index (χ1) is 11.1. The van der Waals surface area contributed by atoms with E-state index in [1.165, 1.54) is 0 Å². The van der Waals surface area contributed by atoms with Crippen molar-refractivity contribution in [2.24, 2.45) is 0 Å². The maximum Gasteiger partial charge on any atom is 0.417 e. The number of aromatic nitrogens is 1. The molecule has 3 nitrogen and oxygen atoms in total. The molecule has 0 bridgehead atoms. The summed E-state index contributed by atoms with van der Waals surface area (Å²) >= 11 is 11.6. The summed E-state index contributed by atoms with van der Waals surface area (Å²) in [6.07, 6.45) is -4.11. The molecule has 0 fully saturated rings. The summed E-state index contributed by atoms with van der Waals surface area (Å²) in [6, 6.07) is 2.51. The number of carbonyl (C=O) groups excluding carboxylic acids is 1. The van der Waals surface area contributed by atoms with Crippen LogP contribution < -0.4 is 0 Å². The second-order valence-corrected chi connectivity index (χ2v) is 5.40. The van der Waals surface area contributed by atoms with Crippen molar-refractivity contribution >= 4 is 29.2 Å². The number of halogens is 6. The molecule has 0 saturated heterocycles. The molecule has 0 N–H and O–H groups in total. The van der Waals surface area contributed by atoms with Gasteiger partial charge in [-0.05, 0) is 25.1 Å². The van der Waals surface area contributed by atoms with Gasteiger partial charge in [-0.25, -0.2) is 9.18 Å². The molecular formula is C15H9Cl2F4NO2. The number of alkyl halides is 3. The minimum absolute atomic E-state index is 0.0706. The summed E-state index contributed by atoms with van der Waals surface area (Å²) in [6.45, 7) is 1.64. The van der Waals surface area contributed by atoms with Crippen molar-refractivity contribution in [3.05, 3.63) is 51.4 Å². The van der Waals surface area contributed by atoms with Gasteiger partial charge in [0.25, 0.3) is 0 Å². The molecule has 0 spiro atoms. The topological polar surface area (TPSA) is 39.2 Å². The normalized spacial score (nSPS) is 11.5. The smallest absolute Gasteiger partial charge is 0.417 e. The fourth-order valence-corrected chi connectivity index (χ4v) is 2.38. The number of esters is 1. The van der Waals surface area contributed by atoms with Gasteiger partial charge in [-0.3, -0.25) is 4.98 Å². The van der Waals surface area contributed by atoms with E-state index in [1.807, 2.05) is 0 Å². The van der Waals surface area contributed by atoms with E-state index in [2.05, 4.69) is 4.98 Å². The number of benzene rings is 1. The quantitative estimate of drug-likeness (QED) is 0.528. The molecule has 1 heterocycles. The lowest BCUT2D eigenvalue weighted by atomic mass is 10.1. The van der Waals surface area contributed by atoms with E-state index in [4.69, 9.17) is 27.9 Å². The first kappa shape index (κ1) is 18.5. The molecule has 1 aromatic heterocycles. The Morgan fingerprint density at radius 3 is 2.42 bits per heavy atom. The Hall–Kier alpha value is -1.86. The Morgan fingerprint density at radius 2 is 1.88 bits per heavy atom. The van der Waals surface area contributed by atoms with Crippen LogP contribution in [0, 0.1) is 5.82 Å². The first-order valence-electron chi connectivity index (χ1n) is 6.54. The summed E-state index contributed by atoms with van der Waals surface area (Å²) in [5.74, 6) is -1.69. The molecule has 0 atom stereocenters. The third-order valence-corrected chi connectivity index (χ3v) is 3.58. The molecule has 0 unspecified atom stereocenters. The van der Waals surface area contributed by atoms with Crippen molar-refractivity contribution in [3.8, 4) is 11.3 Å². The molecule has 0 aliphatic heterocycles. The van der Waals surface area contributed by atoms with Crippen LogP contribution in [0.15, 0.2) is 24.4 Å². The van der Waals surface area contributed by atoms with Crippen molar-refractivity contribution in [1.82, 2.24) is 4.98 Å². The Labute approximate surface area is 144 Å². The van der Waals surface area contributed by atoms with Crippen LogP contribution in [0.2, 0.25) is 10.0 Å². The number of hydrogen-bond donors (Lipinski definition) is 0. The van der Waals surface area contributed by atoms with Gasteiger partial charge in [0.05, 0.1) is 33.5 Å². The molecule has 0 radical (unpaired) electrons. The third kappa shape index (κ3) is 3.79. The highest BCUT2D eigenvalue weighted by atomic mass is 35.5. The zero-order valence-corrected chi connectivity index (χ0v) is 13.6. The number of nitrogens with zero attached hydrogens (tertiary/aromatic N) is 1. The van der Waals surface area contributed by atoms with Crippen molar-refractivity contribution < 1.29 is 27.1 Å². The summed E-state index contributed by atoms with van der Waals surface area (Å²) in [5.41, 5.74) is -1.73. The molecule has 0 aliphatic carbocycles. The second-order valence-electron chi connectivity index (χ2n) is 4.58. The monoisotopic (exact) mass is 381 g/mol. The Morgan fingerprint density at radius 1 is 1.21 bits per heavy atom. The van der Waals surface area contributed by atoms with E-state index in [1.54, 1.807) is 6.92 Å². The fraction of sp³-hybridized carbons (Fsp3) is 0.200. The molecule has 1 aromatic carbocycles. The van der Waals surface area contributed by atoms with Crippen LogP contribution in [0.1, 0.15) is 22.8 Å². The largest absolute Gasteiger partial charge is 0.462 e. The predicted octanol–water partition coefficient (Wildman–Crippen LogP) is 5.39. The van der Waals surface area contributed by atoms with Gasteiger partial charge >= 0.3 is 12.1 Å². The SMILES string of the molecule is CCOC(=O)c1cc(-c2ncc(C(F)(F)F)cc2Cl)c(F)cc1Cl. The van der Waals surface area contributed by atoms with Crippen LogP contribution in [-0.2, 0) is 10.9 Å². The van der Waals surface area contributed by atoms with Gasteiger partial charge in [0, 0.05) is 11.8 Å². The van der Waals surface area contributed by atoms with Crippen molar-refractivity contribution in [2.75, 3.05) is 6.61 Å². The first-order valence-corrected chi connectivity index (χ1v) is 7.30. The lowest BCUT2D eigenvalue weighted by molar-refractivity contribution is -0.137. The van der Waals surface area contributed by atoms with Gasteiger partial charge in [0.2, 0.25) is 0 Å². The molecule has 128 valence electrons. The molecule has 2 rings (SSSR count). The molecule has 0 saturated carbocycles. The van der Waals surface area contributed by atoms with Crippen LogP contribution in [0.25, 0.3) is 11.3 Å². The van der Waals surface area contributed by atoms with Gasteiger partial charge in [-0.15, -0.1) is 0 Å². The number of rotatable bonds is 3. The average molecular weight is 382 g/mol. The highest BCUT2D eigenvalue weighted by molar-refractivity contribution is 6.34. The highest BCUT2D eigenvalue weighted by Gasteiger charge is 2.32. The van der Waals surface area contributed by atoms with Crippen LogP contribution >= 0.6 is 23.2 Å². The van der Waals surface area contributed by atoms with Crippen LogP contribution in [0.3, 0.4) is 0 Å². The minimum atomic E-state index is -4.64. The van der Waals surface area contributed by atoms with Gasteiger partial charge in [-0.1, -0.05) is 23.2 Å². The zero-order chi connectivity index (χ0) is 18.1. The third-order valence-electron chi connectivity index (χ3n) is 2.98. The molecule has 2 aromatic rings. The molecule has 9 heteroatoms. The van der Waals surface area contributed by atoms with Gasteiger partial charge < -0.3 is 4.74 Å². The Kier molecular flexibility index (Phi) is 5.35. The number of hydrogen-bond acceptors (Lipinski definition) is 3. The summed E-state index contributed by atoms with van der Waals surface area (Å²) in [5, 5.41) is -0.612. The van der Waals surface area contributed by atoms with E-state index in [0.29, 0.717) is 12.3 Å². The number of carbonyl (C=O) groups is 1. The van der Waals surface area contributed by atoms with Crippen LogP contribution in [0.4, 0.5) is 17.6 Å². The molecule has 0 aliphatic rings. The lowest BCUT2D eigenvalue weighted by Gasteiger charge is -2.11. The number of ether oxygens (including phenoxy) is 1. The Balaban J connectivity index is 2.56. The van der Waals surface area contributed by atoms with E-state index in [-0.39, 0.29) is 28.5 Å². The number of pyridine rings is 1. The minimum Gasteiger partial charge on any atom is -0.462 e. The second kappa shape index (κ2) is 6.94. The summed E-state index contributed by atoms with van der Waals surface area (Å²) in [7, 11) is 0. The van der Waals surface area contributed by atoms with Gasteiger partial charge in [0.15, 0.2) is 0 Å². The molecule has 24 heavy (non-hydrogen) atoms. The lowest BCUT2D eigenvalue weighted by Crippen LogP contribution is -2.08. The summed E-state index contributed by atoms with van der Waals surface area (Å²) in [4.78, 5) is 15.4. The predicted molar refractivity (Wildman–Crippen MR) is 80.6 cm³/mol. The highest BCUT2D eigenvalue weighted by Crippen LogP contribution is 2.36.